The monoisotopic (exact) mass is 247 g/mol. The molecule has 0 aromatic heterocycles. The Balaban J connectivity index is 2.18. The van der Waals surface area contributed by atoms with Crippen LogP contribution in [0.1, 0.15) is 24.1 Å². The van der Waals surface area contributed by atoms with E-state index in [0.717, 1.165) is 11.1 Å². The van der Waals surface area contributed by atoms with E-state index in [2.05, 4.69) is 5.32 Å². The molecule has 0 amide bonds. The molecular formula is C15H15F2N. The second-order valence-electron chi connectivity index (χ2n) is 4.40. The van der Waals surface area contributed by atoms with E-state index in [4.69, 9.17) is 0 Å². The highest BCUT2D eigenvalue weighted by molar-refractivity contribution is 5.48. The van der Waals surface area contributed by atoms with Gasteiger partial charge in [-0.2, -0.15) is 0 Å². The van der Waals surface area contributed by atoms with Crippen LogP contribution in [0.4, 0.5) is 14.5 Å². The molecule has 1 N–H and O–H groups in total. The van der Waals surface area contributed by atoms with Gasteiger partial charge in [-0.15, -0.1) is 0 Å². The van der Waals surface area contributed by atoms with Crippen molar-refractivity contribution in [2.45, 2.75) is 19.9 Å². The number of halogens is 2. The molecule has 0 aliphatic heterocycles. The molecule has 0 aliphatic carbocycles. The van der Waals surface area contributed by atoms with Crippen LogP contribution in [-0.2, 0) is 0 Å². The molecule has 0 aliphatic rings. The largest absolute Gasteiger partial charge is 0.376 e. The van der Waals surface area contributed by atoms with Gasteiger partial charge in [-0.25, -0.2) is 8.78 Å². The second kappa shape index (κ2) is 5.17. The van der Waals surface area contributed by atoms with Crippen LogP contribution in [0.5, 0.6) is 0 Å². The molecule has 3 heteroatoms. The molecular weight excluding hydrogens is 232 g/mol. The number of hydrogen-bond acceptors (Lipinski definition) is 1. The van der Waals surface area contributed by atoms with Gasteiger partial charge in [0.05, 0.1) is 5.69 Å². The molecule has 0 fully saturated rings. The molecule has 0 saturated heterocycles. The minimum atomic E-state index is -0.283. The number of benzene rings is 2. The van der Waals surface area contributed by atoms with Crippen LogP contribution in [0.3, 0.4) is 0 Å². The molecule has 94 valence electrons. The Bertz CT molecular complexity index is 535. The Morgan fingerprint density at radius 2 is 1.67 bits per heavy atom. The van der Waals surface area contributed by atoms with Crippen LogP contribution in [-0.4, -0.2) is 0 Å². The first-order chi connectivity index (χ1) is 8.56. The van der Waals surface area contributed by atoms with Crippen molar-refractivity contribution in [2.24, 2.45) is 0 Å². The third-order valence-electron chi connectivity index (χ3n) is 2.86. The van der Waals surface area contributed by atoms with Crippen LogP contribution in [0.15, 0.2) is 42.5 Å². The number of hydrogen-bond donors (Lipinski definition) is 1. The smallest absolute Gasteiger partial charge is 0.146 e. The SMILES string of the molecule is Cc1ccc(F)c(NC(C)c2ccc(F)cc2)c1. The lowest BCUT2D eigenvalue weighted by molar-refractivity contribution is 0.623. The molecule has 0 saturated carbocycles. The van der Waals surface area contributed by atoms with E-state index in [0.29, 0.717) is 5.69 Å². The summed E-state index contributed by atoms with van der Waals surface area (Å²) >= 11 is 0. The molecule has 2 rings (SSSR count). The van der Waals surface area contributed by atoms with Crippen molar-refractivity contribution in [2.75, 3.05) is 5.32 Å². The minimum Gasteiger partial charge on any atom is -0.376 e. The minimum absolute atomic E-state index is 0.0816. The maximum Gasteiger partial charge on any atom is 0.146 e. The molecule has 18 heavy (non-hydrogen) atoms. The predicted molar refractivity (Wildman–Crippen MR) is 69.6 cm³/mol. The Hall–Kier alpha value is -1.90. The van der Waals surface area contributed by atoms with Gasteiger partial charge < -0.3 is 5.32 Å². The first-order valence-corrected chi connectivity index (χ1v) is 5.84. The topological polar surface area (TPSA) is 12.0 Å². The van der Waals surface area contributed by atoms with Crippen molar-refractivity contribution in [3.63, 3.8) is 0 Å². The maximum absolute atomic E-state index is 13.6. The van der Waals surface area contributed by atoms with Crippen LogP contribution in [0.25, 0.3) is 0 Å². The van der Waals surface area contributed by atoms with E-state index < -0.39 is 0 Å². The lowest BCUT2D eigenvalue weighted by atomic mass is 10.1. The fraction of sp³-hybridized carbons (Fsp3) is 0.200. The molecule has 0 heterocycles. The maximum atomic E-state index is 13.6. The summed E-state index contributed by atoms with van der Waals surface area (Å²) in [7, 11) is 0. The van der Waals surface area contributed by atoms with Crippen molar-refractivity contribution in [3.8, 4) is 0 Å². The van der Waals surface area contributed by atoms with Gasteiger partial charge in [0.15, 0.2) is 0 Å². The summed E-state index contributed by atoms with van der Waals surface area (Å²) in [4.78, 5) is 0. The third kappa shape index (κ3) is 2.86. The Morgan fingerprint density at radius 3 is 2.33 bits per heavy atom. The highest BCUT2D eigenvalue weighted by atomic mass is 19.1. The highest BCUT2D eigenvalue weighted by Gasteiger charge is 2.08. The average Bonchev–Trinajstić information content (AvgIpc) is 2.34. The lowest BCUT2D eigenvalue weighted by Gasteiger charge is -2.16. The molecule has 2 aromatic carbocycles. The van der Waals surface area contributed by atoms with E-state index >= 15 is 0 Å². The standard InChI is InChI=1S/C15H15F2N/c1-10-3-8-14(17)15(9-10)18-11(2)12-4-6-13(16)7-5-12/h3-9,11,18H,1-2H3. The van der Waals surface area contributed by atoms with Crippen molar-refractivity contribution in [3.05, 3.63) is 65.2 Å². The number of aryl methyl sites for hydroxylation is 1. The van der Waals surface area contributed by atoms with Gasteiger partial charge in [0.1, 0.15) is 11.6 Å². The third-order valence-corrected chi connectivity index (χ3v) is 2.86. The summed E-state index contributed by atoms with van der Waals surface area (Å²) in [6, 6.07) is 11.0. The first-order valence-electron chi connectivity index (χ1n) is 5.84. The van der Waals surface area contributed by atoms with Gasteiger partial charge in [-0.3, -0.25) is 0 Å². The van der Waals surface area contributed by atoms with Crippen molar-refractivity contribution in [1.29, 1.82) is 0 Å². The van der Waals surface area contributed by atoms with Gasteiger partial charge in [0.2, 0.25) is 0 Å². The zero-order chi connectivity index (χ0) is 13.1. The summed E-state index contributed by atoms with van der Waals surface area (Å²) in [6.45, 7) is 3.82. The highest BCUT2D eigenvalue weighted by Crippen LogP contribution is 2.22. The number of anilines is 1. The molecule has 0 bridgehead atoms. The van der Waals surface area contributed by atoms with Crippen LogP contribution < -0.4 is 5.32 Å². The van der Waals surface area contributed by atoms with Crippen LogP contribution in [0.2, 0.25) is 0 Å². The number of nitrogens with one attached hydrogen (secondary N) is 1. The summed E-state index contributed by atoms with van der Waals surface area (Å²) in [5.74, 6) is -0.553. The van der Waals surface area contributed by atoms with E-state index in [9.17, 15) is 8.78 Å². The number of rotatable bonds is 3. The molecule has 1 unspecified atom stereocenters. The van der Waals surface area contributed by atoms with Crippen molar-refractivity contribution >= 4 is 5.69 Å². The zero-order valence-corrected chi connectivity index (χ0v) is 10.4. The van der Waals surface area contributed by atoms with E-state index in [-0.39, 0.29) is 17.7 Å². The summed E-state index contributed by atoms with van der Waals surface area (Å²) in [5.41, 5.74) is 2.37. The average molecular weight is 247 g/mol. The van der Waals surface area contributed by atoms with Gasteiger partial charge in [0.25, 0.3) is 0 Å². The molecule has 0 radical (unpaired) electrons. The summed E-state index contributed by atoms with van der Waals surface area (Å²) in [6.07, 6.45) is 0. The van der Waals surface area contributed by atoms with Gasteiger partial charge >= 0.3 is 0 Å². The molecule has 1 nitrogen and oxygen atoms in total. The second-order valence-corrected chi connectivity index (χ2v) is 4.40. The van der Waals surface area contributed by atoms with E-state index in [1.165, 1.54) is 18.2 Å². The quantitative estimate of drug-likeness (QED) is 0.845. The fourth-order valence-corrected chi connectivity index (χ4v) is 1.82. The van der Waals surface area contributed by atoms with Crippen molar-refractivity contribution < 1.29 is 8.78 Å². The van der Waals surface area contributed by atoms with E-state index in [1.54, 1.807) is 24.3 Å². The predicted octanol–water partition coefficient (Wildman–Crippen LogP) is 4.45. The van der Waals surface area contributed by atoms with Crippen LogP contribution in [0, 0.1) is 18.6 Å². The molecule has 0 spiro atoms. The summed E-state index contributed by atoms with van der Waals surface area (Å²) < 4.78 is 26.4. The fourth-order valence-electron chi connectivity index (χ4n) is 1.82. The van der Waals surface area contributed by atoms with Gasteiger partial charge in [-0.1, -0.05) is 18.2 Å². The van der Waals surface area contributed by atoms with Crippen LogP contribution >= 0.6 is 0 Å². The first kappa shape index (κ1) is 12.6. The Labute approximate surface area is 105 Å². The molecule has 1 atom stereocenters. The normalized spacial score (nSPS) is 12.2. The Kier molecular flexibility index (Phi) is 3.60. The zero-order valence-electron chi connectivity index (χ0n) is 10.4. The Morgan fingerprint density at radius 1 is 1.00 bits per heavy atom. The van der Waals surface area contributed by atoms with E-state index in [1.807, 2.05) is 13.8 Å². The molecule has 2 aromatic rings. The summed E-state index contributed by atoms with van der Waals surface area (Å²) in [5, 5.41) is 3.09. The lowest BCUT2D eigenvalue weighted by Crippen LogP contribution is -2.08. The van der Waals surface area contributed by atoms with Gasteiger partial charge in [-0.05, 0) is 49.2 Å². The van der Waals surface area contributed by atoms with Gasteiger partial charge in [0, 0.05) is 6.04 Å². The van der Waals surface area contributed by atoms with Crippen molar-refractivity contribution in [1.82, 2.24) is 0 Å².